The van der Waals surface area contributed by atoms with Gasteiger partial charge in [-0.25, -0.2) is 0 Å². The second-order valence-electron chi connectivity index (χ2n) is 5.39. The number of methoxy groups -OCH3 is 1. The first-order chi connectivity index (χ1) is 7.53. The minimum Gasteiger partial charge on any atom is -0.388 e. The molecule has 1 saturated heterocycles. The largest absolute Gasteiger partial charge is 0.388 e. The molecule has 94 valence electrons. The molecule has 0 aromatic heterocycles. The van der Waals surface area contributed by atoms with Crippen LogP contribution in [0.1, 0.15) is 32.6 Å². The summed E-state index contributed by atoms with van der Waals surface area (Å²) in [6.07, 6.45) is 3.44. The van der Waals surface area contributed by atoms with Crippen molar-refractivity contribution in [1.82, 2.24) is 4.90 Å². The smallest absolute Gasteiger partial charge is 0.0852 e. The first-order valence-corrected chi connectivity index (χ1v) is 6.29. The van der Waals surface area contributed by atoms with E-state index in [1.54, 1.807) is 7.11 Å². The monoisotopic (exact) mass is 228 g/mol. The molecule has 0 atom stereocenters. The number of nitrogens with two attached hydrogens (primary N) is 1. The Kier molecular flexibility index (Phi) is 3.27. The van der Waals surface area contributed by atoms with Gasteiger partial charge in [-0.15, -0.1) is 0 Å². The maximum Gasteiger partial charge on any atom is 0.0852 e. The summed E-state index contributed by atoms with van der Waals surface area (Å²) in [5.74, 6) is 0. The van der Waals surface area contributed by atoms with Gasteiger partial charge in [0.1, 0.15) is 0 Å². The highest BCUT2D eigenvalue weighted by Crippen LogP contribution is 2.44. The molecular formula is C12H24N2O2. The molecule has 1 aliphatic carbocycles. The molecule has 0 aromatic rings. The van der Waals surface area contributed by atoms with E-state index in [2.05, 4.69) is 11.8 Å². The Morgan fingerprint density at radius 3 is 2.38 bits per heavy atom. The van der Waals surface area contributed by atoms with Gasteiger partial charge >= 0.3 is 0 Å². The molecule has 2 fully saturated rings. The van der Waals surface area contributed by atoms with Crippen LogP contribution in [0.15, 0.2) is 0 Å². The van der Waals surface area contributed by atoms with E-state index in [1.807, 2.05) is 0 Å². The molecule has 2 aliphatic rings. The van der Waals surface area contributed by atoms with E-state index in [4.69, 9.17) is 10.5 Å². The fourth-order valence-electron chi connectivity index (χ4n) is 3.04. The molecule has 0 spiro atoms. The number of hydrogen-bond acceptors (Lipinski definition) is 4. The maximum atomic E-state index is 10.7. The molecule has 4 nitrogen and oxygen atoms in total. The quantitative estimate of drug-likeness (QED) is 0.731. The fraction of sp³-hybridized carbons (Fsp3) is 1.00. The number of likely N-dealkylation sites (tertiary alicyclic amines) is 1. The average Bonchev–Trinajstić information content (AvgIpc) is 2.25. The van der Waals surface area contributed by atoms with Crippen LogP contribution in [0.2, 0.25) is 0 Å². The van der Waals surface area contributed by atoms with Gasteiger partial charge in [-0.2, -0.15) is 0 Å². The highest BCUT2D eigenvalue weighted by atomic mass is 16.5. The van der Waals surface area contributed by atoms with Gasteiger partial charge < -0.3 is 20.5 Å². The van der Waals surface area contributed by atoms with Crippen molar-refractivity contribution in [3.8, 4) is 0 Å². The summed E-state index contributed by atoms with van der Waals surface area (Å²) in [5.41, 5.74) is 5.23. The lowest BCUT2D eigenvalue weighted by Gasteiger charge is -2.56. The molecule has 1 aliphatic heterocycles. The van der Waals surface area contributed by atoms with Crippen LogP contribution in [-0.2, 0) is 4.74 Å². The van der Waals surface area contributed by atoms with Gasteiger partial charge in [0.05, 0.1) is 11.7 Å². The Balaban J connectivity index is 1.94. The Labute approximate surface area is 97.7 Å². The molecule has 0 aromatic carbocycles. The van der Waals surface area contributed by atoms with Crippen LogP contribution in [-0.4, -0.2) is 54.0 Å². The van der Waals surface area contributed by atoms with E-state index in [-0.39, 0.29) is 6.10 Å². The standard InChI is InChI=1S/C12H24N2O2/c1-3-14-6-4-12(15,5-7-14)11(13)8-10(9-11)16-2/h10,15H,3-9,13H2,1-2H3. The van der Waals surface area contributed by atoms with Gasteiger partial charge in [0.25, 0.3) is 0 Å². The van der Waals surface area contributed by atoms with Crippen molar-refractivity contribution in [2.75, 3.05) is 26.7 Å². The van der Waals surface area contributed by atoms with E-state index in [9.17, 15) is 5.11 Å². The summed E-state index contributed by atoms with van der Waals surface area (Å²) in [5, 5.41) is 10.7. The number of hydrogen-bond donors (Lipinski definition) is 2. The van der Waals surface area contributed by atoms with Gasteiger partial charge in [-0.1, -0.05) is 6.92 Å². The zero-order valence-corrected chi connectivity index (χ0v) is 10.4. The first-order valence-electron chi connectivity index (χ1n) is 6.29. The Morgan fingerprint density at radius 2 is 1.94 bits per heavy atom. The third-order valence-electron chi connectivity index (χ3n) is 4.57. The van der Waals surface area contributed by atoms with Crippen LogP contribution in [0.4, 0.5) is 0 Å². The van der Waals surface area contributed by atoms with Gasteiger partial charge in [-0.05, 0) is 32.2 Å². The van der Waals surface area contributed by atoms with E-state index in [1.165, 1.54) is 0 Å². The highest BCUT2D eigenvalue weighted by Gasteiger charge is 2.56. The minimum absolute atomic E-state index is 0.248. The summed E-state index contributed by atoms with van der Waals surface area (Å²) >= 11 is 0. The molecule has 0 bridgehead atoms. The summed E-state index contributed by atoms with van der Waals surface area (Å²) in [6, 6.07) is 0. The predicted octanol–water partition coefficient (Wildman–Crippen LogP) is 0.340. The summed E-state index contributed by atoms with van der Waals surface area (Å²) in [4.78, 5) is 2.37. The summed E-state index contributed by atoms with van der Waals surface area (Å²) in [7, 11) is 1.72. The third kappa shape index (κ3) is 1.88. The normalized spacial score (nSPS) is 39.4. The predicted molar refractivity (Wildman–Crippen MR) is 63.2 cm³/mol. The average molecular weight is 228 g/mol. The lowest BCUT2D eigenvalue weighted by molar-refractivity contribution is -0.148. The Bertz CT molecular complexity index is 243. The van der Waals surface area contributed by atoms with E-state index in [0.717, 1.165) is 45.3 Å². The van der Waals surface area contributed by atoms with Gasteiger partial charge in [0.2, 0.25) is 0 Å². The van der Waals surface area contributed by atoms with Crippen LogP contribution in [0.3, 0.4) is 0 Å². The van der Waals surface area contributed by atoms with E-state index in [0.29, 0.717) is 0 Å². The van der Waals surface area contributed by atoms with Crippen molar-refractivity contribution in [3.05, 3.63) is 0 Å². The molecule has 2 rings (SSSR count). The number of ether oxygens (including phenoxy) is 1. The SMILES string of the molecule is CCN1CCC(O)(C2(N)CC(OC)C2)CC1. The highest BCUT2D eigenvalue weighted by molar-refractivity contribution is 5.13. The lowest BCUT2D eigenvalue weighted by atomic mass is 9.61. The zero-order chi connectivity index (χ0) is 11.8. The zero-order valence-electron chi connectivity index (χ0n) is 10.4. The van der Waals surface area contributed by atoms with Crippen LogP contribution < -0.4 is 5.73 Å². The Morgan fingerprint density at radius 1 is 1.38 bits per heavy atom. The molecule has 0 amide bonds. The fourth-order valence-corrected chi connectivity index (χ4v) is 3.04. The van der Waals surface area contributed by atoms with Gasteiger partial charge in [-0.3, -0.25) is 0 Å². The Hall–Kier alpha value is -0.160. The number of piperidine rings is 1. The number of nitrogens with zero attached hydrogens (tertiary/aromatic N) is 1. The lowest BCUT2D eigenvalue weighted by Crippen LogP contribution is -2.71. The van der Waals surface area contributed by atoms with Gasteiger partial charge in [0.15, 0.2) is 0 Å². The van der Waals surface area contributed by atoms with Crippen LogP contribution >= 0.6 is 0 Å². The number of aliphatic hydroxyl groups is 1. The molecule has 1 heterocycles. The van der Waals surface area contributed by atoms with Gasteiger partial charge in [0, 0.05) is 25.7 Å². The van der Waals surface area contributed by atoms with Crippen LogP contribution in [0.25, 0.3) is 0 Å². The third-order valence-corrected chi connectivity index (χ3v) is 4.57. The van der Waals surface area contributed by atoms with Crippen molar-refractivity contribution < 1.29 is 9.84 Å². The first kappa shape index (κ1) is 12.3. The van der Waals surface area contributed by atoms with Crippen molar-refractivity contribution in [2.45, 2.75) is 49.9 Å². The second kappa shape index (κ2) is 4.26. The topological polar surface area (TPSA) is 58.7 Å². The van der Waals surface area contributed by atoms with Crippen LogP contribution in [0, 0.1) is 0 Å². The van der Waals surface area contributed by atoms with E-state index < -0.39 is 11.1 Å². The van der Waals surface area contributed by atoms with Crippen molar-refractivity contribution >= 4 is 0 Å². The summed E-state index contributed by atoms with van der Waals surface area (Å²) in [6.45, 7) is 5.15. The molecule has 4 heteroatoms. The molecular weight excluding hydrogens is 204 g/mol. The molecule has 0 unspecified atom stereocenters. The van der Waals surface area contributed by atoms with Crippen molar-refractivity contribution in [1.29, 1.82) is 0 Å². The summed E-state index contributed by atoms with van der Waals surface area (Å²) < 4.78 is 5.26. The van der Waals surface area contributed by atoms with Crippen LogP contribution in [0.5, 0.6) is 0 Å². The molecule has 3 N–H and O–H groups in total. The molecule has 16 heavy (non-hydrogen) atoms. The maximum absolute atomic E-state index is 10.7. The molecule has 0 radical (unpaired) electrons. The minimum atomic E-state index is -0.673. The molecule has 1 saturated carbocycles. The second-order valence-corrected chi connectivity index (χ2v) is 5.39. The van der Waals surface area contributed by atoms with Crippen molar-refractivity contribution in [2.24, 2.45) is 5.73 Å². The van der Waals surface area contributed by atoms with Crippen molar-refractivity contribution in [3.63, 3.8) is 0 Å². The van der Waals surface area contributed by atoms with E-state index >= 15 is 0 Å². The number of rotatable bonds is 3.